The molecule has 0 aliphatic heterocycles. The summed E-state index contributed by atoms with van der Waals surface area (Å²) in [6, 6.07) is 8.46. The minimum atomic E-state index is -0.492. The highest BCUT2D eigenvalue weighted by Crippen LogP contribution is 2.11. The average Bonchev–Trinajstić information content (AvgIpc) is 2.65. The molecule has 0 heterocycles. The van der Waals surface area contributed by atoms with Gasteiger partial charge in [0.05, 0.1) is 0 Å². The summed E-state index contributed by atoms with van der Waals surface area (Å²) in [7, 11) is 1.73. The van der Waals surface area contributed by atoms with Gasteiger partial charge in [-0.3, -0.25) is 9.89 Å². The van der Waals surface area contributed by atoms with Crippen molar-refractivity contribution in [3.05, 3.63) is 35.4 Å². The molecule has 7 nitrogen and oxygen atoms in total. The lowest BCUT2D eigenvalue weighted by atomic mass is 10.1. The number of halogens is 1. The summed E-state index contributed by atoms with van der Waals surface area (Å²) >= 11 is 0. The number of rotatable bonds is 9. The minimum absolute atomic E-state index is 0. The Bertz CT molecular complexity index is 628. The maximum absolute atomic E-state index is 11.6. The molecule has 1 amide bonds. The smallest absolute Gasteiger partial charge is 0.407 e. The predicted molar refractivity (Wildman–Crippen MR) is 131 cm³/mol. The lowest BCUT2D eigenvalue weighted by molar-refractivity contribution is 0.0529. The average molecular weight is 519 g/mol. The van der Waals surface area contributed by atoms with E-state index >= 15 is 0 Å². The van der Waals surface area contributed by atoms with Gasteiger partial charge in [0, 0.05) is 33.2 Å². The van der Waals surface area contributed by atoms with Crippen molar-refractivity contribution in [1.82, 2.24) is 20.9 Å². The first kappa shape index (κ1) is 27.5. The number of nitrogens with one attached hydrogen (secondary N) is 3. The van der Waals surface area contributed by atoms with Crippen molar-refractivity contribution in [1.29, 1.82) is 0 Å². The summed E-state index contributed by atoms with van der Waals surface area (Å²) in [4.78, 5) is 18.3. The van der Waals surface area contributed by atoms with Crippen molar-refractivity contribution >= 4 is 36.0 Å². The number of hydrogen-bond acceptors (Lipinski definition) is 4. The molecule has 0 fully saturated rings. The van der Waals surface area contributed by atoms with Crippen LogP contribution in [0.25, 0.3) is 0 Å². The van der Waals surface area contributed by atoms with Crippen LogP contribution in [0.3, 0.4) is 0 Å². The molecule has 0 atom stereocenters. The highest BCUT2D eigenvalue weighted by atomic mass is 127. The topological polar surface area (TPSA) is 78.0 Å². The van der Waals surface area contributed by atoms with E-state index in [0.717, 1.165) is 19.6 Å². The number of alkyl carbamates (subject to hydrolysis) is 1. The van der Waals surface area contributed by atoms with Crippen LogP contribution in [-0.4, -0.2) is 55.8 Å². The highest BCUT2D eigenvalue weighted by Gasteiger charge is 2.15. The molecule has 1 aromatic rings. The molecule has 0 saturated heterocycles. The Morgan fingerprint density at radius 2 is 1.62 bits per heavy atom. The van der Waals surface area contributed by atoms with Crippen molar-refractivity contribution in [3.8, 4) is 0 Å². The fraction of sp³-hybridized carbons (Fsp3) is 0.619. The molecule has 0 unspecified atom stereocenters. The van der Waals surface area contributed by atoms with Crippen LogP contribution in [0.5, 0.6) is 0 Å². The zero-order chi connectivity index (χ0) is 21.0. The largest absolute Gasteiger partial charge is 0.444 e. The van der Waals surface area contributed by atoms with Crippen LogP contribution in [0.4, 0.5) is 4.79 Å². The summed E-state index contributed by atoms with van der Waals surface area (Å²) in [5, 5.41) is 9.26. The van der Waals surface area contributed by atoms with Crippen LogP contribution in [0, 0.1) is 0 Å². The summed E-state index contributed by atoms with van der Waals surface area (Å²) in [5.41, 5.74) is 2.08. The second kappa shape index (κ2) is 14.4. The van der Waals surface area contributed by atoms with Crippen molar-refractivity contribution in [2.24, 2.45) is 4.99 Å². The fourth-order valence-corrected chi connectivity index (χ4v) is 2.63. The van der Waals surface area contributed by atoms with Crippen LogP contribution >= 0.6 is 24.0 Å². The molecule has 0 radical (unpaired) electrons. The molecule has 0 aromatic heterocycles. The molecule has 0 aliphatic rings. The second-order valence-electron chi connectivity index (χ2n) is 7.51. The molecule has 0 spiro atoms. The number of guanidine groups is 1. The van der Waals surface area contributed by atoms with Gasteiger partial charge >= 0.3 is 6.09 Å². The summed E-state index contributed by atoms with van der Waals surface area (Å²) in [6.45, 7) is 14.6. The minimum Gasteiger partial charge on any atom is -0.444 e. The Morgan fingerprint density at radius 1 is 1.03 bits per heavy atom. The Morgan fingerprint density at radius 3 is 2.17 bits per heavy atom. The van der Waals surface area contributed by atoms with Crippen LogP contribution in [-0.2, 0) is 17.8 Å². The Hall–Kier alpha value is -1.55. The van der Waals surface area contributed by atoms with E-state index in [9.17, 15) is 4.79 Å². The molecule has 0 bridgehead atoms. The number of nitrogens with zero attached hydrogens (tertiary/aromatic N) is 2. The van der Waals surface area contributed by atoms with Gasteiger partial charge in [0.1, 0.15) is 5.60 Å². The molecule has 1 rings (SSSR count). The van der Waals surface area contributed by atoms with Crippen molar-refractivity contribution in [2.75, 3.05) is 33.2 Å². The van der Waals surface area contributed by atoms with E-state index in [1.54, 1.807) is 7.05 Å². The van der Waals surface area contributed by atoms with Gasteiger partial charge in [-0.1, -0.05) is 38.1 Å². The first-order chi connectivity index (χ1) is 13.3. The van der Waals surface area contributed by atoms with E-state index in [0.29, 0.717) is 25.6 Å². The van der Waals surface area contributed by atoms with Gasteiger partial charge < -0.3 is 20.7 Å². The molecule has 3 N–H and O–H groups in total. The first-order valence-corrected chi connectivity index (χ1v) is 9.99. The third-order valence-electron chi connectivity index (χ3n) is 4.16. The van der Waals surface area contributed by atoms with E-state index in [4.69, 9.17) is 4.74 Å². The Balaban J connectivity index is 0.00000784. The highest BCUT2D eigenvalue weighted by molar-refractivity contribution is 14.0. The van der Waals surface area contributed by atoms with E-state index in [2.05, 4.69) is 64.0 Å². The molecule has 1 aromatic carbocycles. The standard InChI is InChI=1S/C21H37N5O2.HI/c1-7-26(8-2)16-18-12-10-9-11-17(18)15-25-19(22-6)23-13-14-24-20(27)28-21(3,4)5;/h9-12H,7-8,13-16H2,1-6H3,(H,24,27)(H2,22,23,25);1H. The SMILES string of the molecule is CCN(CC)Cc1ccccc1CNC(=NC)NCCNC(=O)OC(C)(C)C.I. The van der Waals surface area contributed by atoms with Gasteiger partial charge in [0.2, 0.25) is 0 Å². The van der Waals surface area contributed by atoms with Crippen LogP contribution in [0.2, 0.25) is 0 Å². The van der Waals surface area contributed by atoms with Gasteiger partial charge in [0.25, 0.3) is 0 Å². The number of carbonyl (C=O) groups excluding carboxylic acids is 1. The Labute approximate surface area is 193 Å². The molecule has 0 aliphatic carbocycles. The predicted octanol–water partition coefficient (Wildman–Crippen LogP) is 3.34. The number of hydrogen-bond donors (Lipinski definition) is 3. The zero-order valence-corrected chi connectivity index (χ0v) is 21.0. The first-order valence-electron chi connectivity index (χ1n) is 9.99. The third-order valence-corrected chi connectivity index (χ3v) is 4.16. The lowest BCUT2D eigenvalue weighted by Gasteiger charge is -2.21. The van der Waals surface area contributed by atoms with Gasteiger partial charge in [-0.15, -0.1) is 24.0 Å². The van der Waals surface area contributed by atoms with Gasteiger partial charge in [-0.05, 0) is 45.0 Å². The number of ether oxygens (including phenoxy) is 1. The van der Waals surface area contributed by atoms with Crippen LogP contribution in [0.1, 0.15) is 45.7 Å². The summed E-state index contributed by atoms with van der Waals surface area (Å²) < 4.78 is 5.21. The number of amides is 1. The van der Waals surface area contributed by atoms with E-state index in [-0.39, 0.29) is 24.0 Å². The van der Waals surface area contributed by atoms with E-state index < -0.39 is 11.7 Å². The Kier molecular flexibility index (Phi) is 13.7. The number of benzene rings is 1. The monoisotopic (exact) mass is 519 g/mol. The zero-order valence-electron chi connectivity index (χ0n) is 18.7. The molecule has 29 heavy (non-hydrogen) atoms. The van der Waals surface area contributed by atoms with Crippen molar-refractivity contribution < 1.29 is 9.53 Å². The molecule has 8 heteroatoms. The van der Waals surface area contributed by atoms with Crippen LogP contribution in [0.15, 0.2) is 29.3 Å². The lowest BCUT2D eigenvalue weighted by Crippen LogP contribution is -2.42. The fourth-order valence-electron chi connectivity index (χ4n) is 2.63. The van der Waals surface area contributed by atoms with Gasteiger partial charge in [-0.2, -0.15) is 0 Å². The maximum Gasteiger partial charge on any atom is 0.407 e. The van der Waals surface area contributed by atoms with Gasteiger partial charge in [-0.25, -0.2) is 4.79 Å². The number of aliphatic imine (C=N–C) groups is 1. The second-order valence-corrected chi connectivity index (χ2v) is 7.51. The molecule has 0 saturated carbocycles. The molecule has 166 valence electrons. The van der Waals surface area contributed by atoms with Crippen LogP contribution < -0.4 is 16.0 Å². The van der Waals surface area contributed by atoms with E-state index in [1.165, 1.54) is 11.1 Å². The van der Waals surface area contributed by atoms with Crippen molar-refractivity contribution in [3.63, 3.8) is 0 Å². The summed E-state index contributed by atoms with van der Waals surface area (Å²) in [6.07, 6.45) is -0.414. The van der Waals surface area contributed by atoms with E-state index in [1.807, 2.05) is 20.8 Å². The number of carbonyl (C=O) groups is 1. The normalized spacial score (nSPS) is 11.6. The molecular weight excluding hydrogens is 481 g/mol. The molecular formula is C21H38IN5O2. The summed E-state index contributed by atoms with van der Waals surface area (Å²) in [5.74, 6) is 0.698. The quantitative estimate of drug-likeness (QED) is 0.202. The maximum atomic E-state index is 11.6. The van der Waals surface area contributed by atoms with Gasteiger partial charge in [0.15, 0.2) is 5.96 Å². The third kappa shape index (κ3) is 11.9. The van der Waals surface area contributed by atoms with Crippen molar-refractivity contribution in [2.45, 2.75) is 53.3 Å².